The zero-order chi connectivity index (χ0) is 16.0. The third-order valence-electron chi connectivity index (χ3n) is 6.71. The lowest BCUT2D eigenvalue weighted by Gasteiger charge is -2.56. The van der Waals surface area contributed by atoms with E-state index in [-0.39, 0.29) is 0 Å². The number of allylic oxidation sites excluding steroid dienone is 1. The maximum atomic E-state index is 3.84. The lowest BCUT2D eigenvalue weighted by molar-refractivity contribution is 0.0999. The van der Waals surface area contributed by atoms with Gasteiger partial charge in [0.1, 0.15) is 0 Å². The van der Waals surface area contributed by atoms with Crippen molar-refractivity contribution >= 4 is 6.08 Å². The number of benzene rings is 2. The molecular weight excluding hydrogens is 290 g/mol. The lowest BCUT2D eigenvalue weighted by Crippen LogP contribution is -2.59. The minimum absolute atomic E-state index is 0.429. The molecule has 1 saturated heterocycles. The molecule has 0 radical (unpaired) electrons. The van der Waals surface area contributed by atoms with Gasteiger partial charge in [-0.15, -0.1) is 0 Å². The maximum Gasteiger partial charge on any atom is 0.0147 e. The highest BCUT2D eigenvalue weighted by Gasteiger charge is 2.51. The van der Waals surface area contributed by atoms with Crippen molar-refractivity contribution in [3.8, 4) is 0 Å². The molecule has 0 aromatic heterocycles. The topological polar surface area (TPSA) is 12.0 Å². The van der Waals surface area contributed by atoms with Gasteiger partial charge < -0.3 is 5.32 Å². The number of nitrogens with one attached hydrogen (secondary N) is 1. The van der Waals surface area contributed by atoms with Gasteiger partial charge in [0.15, 0.2) is 0 Å². The third-order valence-corrected chi connectivity index (χ3v) is 6.71. The molecule has 2 aliphatic carbocycles. The Labute approximate surface area is 144 Å². The standard InChI is InChI=1S/C23H25N/c1-2-6-17(7-3-1)14-18-10-11-23-12-13-24-22(21(23)15-18)16-19-8-4-5-9-20(19)23/h1-9,14,21-22,24H,10-13,15-16H2/t21-,22+,23-/m0/s1. The van der Waals surface area contributed by atoms with E-state index in [1.165, 1.54) is 44.2 Å². The van der Waals surface area contributed by atoms with Crippen LogP contribution in [0.3, 0.4) is 0 Å². The first-order valence-corrected chi connectivity index (χ1v) is 9.41. The van der Waals surface area contributed by atoms with Gasteiger partial charge in [-0.3, -0.25) is 0 Å². The first kappa shape index (κ1) is 14.5. The first-order chi connectivity index (χ1) is 11.9. The zero-order valence-corrected chi connectivity index (χ0v) is 14.2. The maximum absolute atomic E-state index is 3.84. The van der Waals surface area contributed by atoms with E-state index in [1.807, 2.05) is 0 Å². The Morgan fingerprint density at radius 3 is 2.67 bits per heavy atom. The average molecular weight is 315 g/mol. The van der Waals surface area contributed by atoms with Gasteiger partial charge in [-0.05, 0) is 61.3 Å². The highest BCUT2D eigenvalue weighted by molar-refractivity contribution is 5.54. The summed E-state index contributed by atoms with van der Waals surface area (Å²) in [4.78, 5) is 0. The van der Waals surface area contributed by atoms with Crippen molar-refractivity contribution in [1.29, 1.82) is 0 Å². The Hall–Kier alpha value is -1.86. The van der Waals surface area contributed by atoms with Gasteiger partial charge in [-0.2, -0.15) is 0 Å². The van der Waals surface area contributed by atoms with Crippen LogP contribution in [0.15, 0.2) is 60.2 Å². The molecule has 3 atom stereocenters. The van der Waals surface area contributed by atoms with Crippen LogP contribution in [0.5, 0.6) is 0 Å². The first-order valence-electron chi connectivity index (χ1n) is 9.41. The van der Waals surface area contributed by atoms with Gasteiger partial charge in [0.2, 0.25) is 0 Å². The summed E-state index contributed by atoms with van der Waals surface area (Å²) in [5.74, 6) is 0.768. The van der Waals surface area contributed by atoms with Gasteiger partial charge in [-0.25, -0.2) is 0 Å². The lowest BCUT2D eigenvalue weighted by atomic mass is 9.52. The highest BCUT2D eigenvalue weighted by atomic mass is 15.0. The van der Waals surface area contributed by atoms with Gasteiger partial charge in [-0.1, -0.05) is 66.2 Å². The number of hydrogen-bond donors (Lipinski definition) is 1. The second-order valence-corrected chi connectivity index (χ2v) is 7.85. The molecule has 1 saturated carbocycles. The fourth-order valence-corrected chi connectivity index (χ4v) is 5.63. The van der Waals surface area contributed by atoms with E-state index in [0.717, 1.165) is 5.92 Å². The predicted octanol–water partition coefficient (Wildman–Crippen LogP) is 4.73. The third kappa shape index (κ3) is 2.18. The Morgan fingerprint density at radius 2 is 1.75 bits per heavy atom. The van der Waals surface area contributed by atoms with Crippen molar-refractivity contribution in [2.24, 2.45) is 5.92 Å². The Morgan fingerprint density at radius 1 is 0.917 bits per heavy atom. The van der Waals surface area contributed by atoms with Crippen LogP contribution in [-0.2, 0) is 11.8 Å². The van der Waals surface area contributed by atoms with Crippen molar-refractivity contribution in [2.75, 3.05) is 6.54 Å². The van der Waals surface area contributed by atoms with Crippen molar-refractivity contribution in [3.63, 3.8) is 0 Å². The van der Waals surface area contributed by atoms with Crippen molar-refractivity contribution in [2.45, 2.75) is 43.6 Å². The van der Waals surface area contributed by atoms with Crippen LogP contribution < -0.4 is 5.32 Å². The predicted molar refractivity (Wildman–Crippen MR) is 100.0 cm³/mol. The molecule has 0 spiro atoms. The molecule has 1 heterocycles. The van der Waals surface area contributed by atoms with Crippen LogP contribution in [0.1, 0.15) is 42.4 Å². The molecule has 122 valence electrons. The fourth-order valence-electron chi connectivity index (χ4n) is 5.63. The van der Waals surface area contributed by atoms with Crippen LogP contribution in [0.4, 0.5) is 0 Å². The molecule has 0 amide bonds. The largest absolute Gasteiger partial charge is 0.313 e. The summed E-state index contributed by atoms with van der Waals surface area (Å²) < 4.78 is 0. The zero-order valence-electron chi connectivity index (χ0n) is 14.2. The Balaban J connectivity index is 1.52. The summed E-state index contributed by atoms with van der Waals surface area (Å²) in [6, 6.07) is 20.8. The summed E-state index contributed by atoms with van der Waals surface area (Å²) >= 11 is 0. The summed E-state index contributed by atoms with van der Waals surface area (Å²) in [7, 11) is 0. The molecule has 1 N–H and O–H groups in total. The fraction of sp³-hybridized carbons (Fsp3) is 0.391. The number of hydrogen-bond acceptors (Lipinski definition) is 1. The van der Waals surface area contributed by atoms with E-state index in [9.17, 15) is 0 Å². The summed E-state index contributed by atoms with van der Waals surface area (Å²) in [6.07, 6.45) is 8.81. The highest BCUT2D eigenvalue weighted by Crippen LogP contribution is 2.54. The number of fused-ring (bicyclic) bond motifs is 1. The molecule has 0 unspecified atom stereocenters. The van der Waals surface area contributed by atoms with E-state index >= 15 is 0 Å². The monoisotopic (exact) mass is 315 g/mol. The second kappa shape index (κ2) is 5.60. The molecule has 1 aliphatic heterocycles. The Bertz CT molecular complexity index is 776. The van der Waals surface area contributed by atoms with Crippen LogP contribution in [0.2, 0.25) is 0 Å². The van der Waals surface area contributed by atoms with Gasteiger partial charge in [0.25, 0.3) is 0 Å². The van der Waals surface area contributed by atoms with Gasteiger partial charge >= 0.3 is 0 Å². The summed E-state index contributed by atoms with van der Waals surface area (Å²) in [6.45, 7) is 1.19. The molecule has 2 fully saturated rings. The molecule has 1 nitrogen and oxygen atoms in total. The number of piperidine rings is 1. The molecule has 2 aromatic rings. The molecule has 1 heteroatoms. The minimum Gasteiger partial charge on any atom is -0.313 e. The summed E-state index contributed by atoms with van der Waals surface area (Å²) in [5, 5.41) is 3.84. The van der Waals surface area contributed by atoms with E-state index in [1.54, 1.807) is 16.7 Å². The van der Waals surface area contributed by atoms with Crippen LogP contribution in [-0.4, -0.2) is 12.6 Å². The van der Waals surface area contributed by atoms with Crippen LogP contribution in [0.25, 0.3) is 6.08 Å². The summed E-state index contributed by atoms with van der Waals surface area (Å²) in [5.41, 5.74) is 6.71. The molecule has 2 bridgehead atoms. The van der Waals surface area contributed by atoms with Crippen LogP contribution >= 0.6 is 0 Å². The van der Waals surface area contributed by atoms with E-state index in [2.05, 4.69) is 66.0 Å². The molecular formula is C23H25N. The SMILES string of the molecule is C(=C1CC[C@]23CCN[C@H](Cc4ccccc42)[C@@H]3C1)c1ccccc1. The normalized spacial score (nSPS) is 32.9. The van der Waals surface area contributed by atoms with Crippen molar-refractivity contribution in [1.82, 2.24) is 5.32 Å². The van der Waals surface area contributed by atoms with Gasteiger partial charge in [0, 0.05) is 11.5 Å². The van der Waals surface area contributed by atoms with Crippen molar-refractivity contribution < 1.29 is 0 Å². The molecule has 5 rings (SSSR count). The van der Waals surface area contributed by atoms with E-state index in [4.69, 9.17) is 0 Å². The minimum atomic E-state index is 0.429. The Kier molecular flexibility index (Phi) is 3.38. The molecule has 3 aliphatic rings. The quantitative estimate of drug-likeness (QED) is 0.802. The van der Waals surface area contributed by atoms with E-state index in [0.29, 0.717) is 11.5 Å². The van der Waals surface area contributed by atoms with Gasteiger partial charge in [0.05, 0.1) is 0 Å². The smallest absolute Gasteiger partial charge is 0.0147 e. The molecule has 24 heavy (non-hydrogen) atoms. The average Bonchev–Trinajstić information content (AvgIpc) is 2.63. The molecule has 2 aromatic carbocycles. The second-order valence-electron chi connectivity index (χ2n) is 7.85. The number of rotatable bonds is 1. The van der Waals surface area contributed by atoms with Crippen LogP contribution in [0, 0.1) is 5.92 Å². The van der Waals surface area contributed by atoms with E-state index < -0.39 is 0 Å². The van der Waals surface area contributed by atoms with Crippen molar-refractivity contribution in [3.05, 3.63) is 76.9 Å².